The molecule has 2 aromatic rings. The lowest BCUT2D eigenvalue weighted by Gasteiger charge is -2.28. The van der Waals surface area contributed by atoms with Crippen molar-refractivity contribution >= 4 is 10.0 Å². The van der Waals surface area contributed by atoms with Crippen LogP contribution in [0.25, 0.3) is 0 Å². The number of nitrogens with one attached hydrogen (secondary N) is 1. The lowest BCUT2D eigenvalue weighted by Crippen LogP contribution is -2.45. The maximum Gasteiger partial charge on any atom is 0.209 e. The molecule has 1 fully saturated rings. The minimum absolute atomic E-state index is 0.0789. The molecule has 6 nitrogen and oxygen atoms in total. The van der Waals surface area contributed by atoms with Crippen molar-refractivity contribution in [1.29, 1.82) is 0 Å². The van der Waals surface area contributed by atoms with Gasteiger partial charge in [-0.1, -0.05) is 6.07 Å². The molecule has 0 unspecified atom stereocenters. The molecule has 0 saturated carbocycles. The first kappa shape index (κ1) is 17.0. The summed E-state index contributed by atoms with van der Waals surface area (Å²) in [5.74, 6) is 0. The van der Waals surface area contributed by atoms with E-state index in [-0.39, 0.29) is 12.1 Å². The molecule has 0 radical (unpaired) electrons. The molecule has 3 heterocycles. The monoisotopic (exact) mass is 346 g/mol. The molecule has 0 aliphatic carbocycles. The van der Waals surface area contributed by atoms with Crippen LogP contribution < -0.4 is 4.72 Å². The summed E-state index contributed by atoms with van der Waals surface area (Å²) in [6.07, 6.45) is 9.99. The second-order valence-corrected chi connectivity index (χ2v) is 8.02. The van der Waals surface area contributed by atoms with Crippen LogP contribution in [0.5, 0.6) is 0 Å². The third kappa shape index (κ3) is 4.59. The van der Waals surface area contributed by atoms with Crippen LogP contribution in [-0.4, -0.2) is 48.2 Å². The van der Waals surface area contributed by atoms with E-state index >= 15 is 0 Å². The third-order valence-corrected chi connectivity index (χ3v) is 5.06. The number of nitrogens with zero attached hydrogens (tertiary/aromatic N) is 3. The van der Waals surface area contributed by atoms with Gasteiger partial charge in [0.2, 0.25) is 10.0 Å². The quantitative estimate of drug-likeness (QED) is 0.851. The Morgan fingerprint density at radius 3 is 2.62 bits per heavy atom. The molecule has 7 heteroatoms. The standard InChI is InChI=1S/C17H22N4O2S/c1-24(22,23)20-16-6-10-21(13-15-3-2-7-19-12-15)17(16)11-14-4-8-18-9-5-14/h2-5,7-9,12,16-17,20H,6,10-11,13H2,1H3/t16-,17+/m1/s1. The molecular weight excluding hydrogens is 324 g/mol. The van der Waals surface area contributed by atoms with E-state index < -0.39 is 10.0 Å². The molecule has 1 aliphatic rings. The van der Waals surface area contributed by atoms with Crippen LogP contribution in [0.15, 0.2) is 49.1 Å². The fraction of sp³-hybridized carbons (Fsp3) is 0.412. The maximum absolute atomic E-state index is 11.7. The van der Waals surface area contributed by atoms with Gasteiger partial charge in [-0.15, -0.1) is 0 Å². The van der Waals surface area contributed by atoms with E-state index in [1.807, 2.05) is 30.5 Å². The molecule has 2 atom stereocenters. The number of aromatic nitrogens is 2. The molecule has 24 heavy (non-hydrogen) atoms. The van der Waals surface area contributed by atoms with Gasteiger partial charge in [-0.25, -0.2) is 13.1 Å². The van der Waals surface area contributed by atoms with Crippen LogP contribution in [0, 0.1) is 0 Å². The van der Waals surface area contributed by atoms with Gasteiger partial charge >= 0.3 is 0 Å². The van der Waals surface area contributed by atoms with E-state index in [4.69, 9.17) is 0 Å². The van der Waals surface area contributed by atoms with Crippen LogP contribution in [0.1, 0.15) is 17.5 Å². The van der Waals surface area contributed by atoms with Crippen LogP contribution in [0.3, 0.4) is 0 Å². The molecule has 128 valence electrons. The van der Waals surface area contributed by atoms with Crippen LogP contribution >= 0.6 is 0 Å². The van der Waals surface area contributed by atoms with Crippen molar-refractivity contribution in [3.8, 4) is 0 Å². The molecular formula is C17H22N4O2S. The SMILES string of the molecule is CS(=O)(=O)N[C@@H]1CCN(Cc2cccnc2)[C@H]1Cc1ccncc1. The normalized spacial score (nSPS) is 21.9. The molecule has 0 amide bonds. The summed E-state index contributed by atoms with van der Waals surface area (Å²) in [5.41, 5.74) is 2.30. The zero-order chi connectivity index (χ0) is 17.0. The van der Waals surface area contributed by atoms with Crippen molar-refractivity contribution in [3.63, 3.8) is 0 Å². The summed E-state index contributed by atoms with van der Waals surface area (Å²) < 4.78 is 26.2. The molecule has 0 spiro atoms. The molecule has 0 bridgehead atoms. The van der Waals surface area contributed by atoms with Gasteiger partial charge in [0.25, 0.3) is 0 Å². The maximum atomic E-state index is 11.7. The van der Waals surface area contributed by atoms with Crippen molar-refractivity contribution < 1.29 is 8.42 Å². The fourth-order valence-corrected chi connectivity index (χ4v) is 4.11. The van der Waals surface area contributed by atoms with Gasteiger partial charge in [-0.2, -0.15) is 0 Å². The van der Waals surface area contributed by atoms with Gasteiger partial charge in [-0.05, 0) is 42.2 Å². The first-order valence-corrected chi connectivity index (χ1v) is 9.89. The average Bonchev–Trinajstić information content (AvgIpc) is 2.90. The molecule has 3 rings (SSSR count). The predicted molar refractivity (Wildman–Crippen MR) is 92.8 cm³/mol. The number of rotatable bonds is 6. The summed E-state index contributed by atoms with van der Waals surface area (Å²) in [6, 6.07) is 7.98. The molecule has 1 aliphatic heterocycles. The van der Waals surface area contributed by atoms with Crippen LogP contribution in [0.4, 0.5) is 0 Å². The Kier molecular flexibility index (Phi) is 5.23. The van der Waals surface area contributed by atoms with Crippen LogP contribution in [0.2, 0.25) is 0 Å². The van der Waals surface area contributed by atoms with Crippen LogP contribution in [-0.2, 0) is 23.0 Å². The number of pyridine rings is 2. The molecule has 2 aromatic heterocycles. The summed E-state index contributed by atoms with van der Waals surface area (Å²) in [7, 11) is -3.23. The van der Waals surface area contributed by atoms with E-state index in [0.717, 1.165) is 37.1 Å². The van der Waals surface area contributed by atoms with E-state index in [1.54, 1.807) is 18.6 Å². The number of likely N-dealkylation sites (tertiary alicyclic amines) is 1. The smallest absolute Gasteiger partial charge is 0.209 e. The van der Waals surface area contributed by atoms with E-state index in [2.05, 4.69) is 19.6 Å². The van der Waals surface area contributed by atoms with Crippen molar-refractivity contribution in [2.45, 2.75) is 31.5 Å². The van der Waals surface area contributed by atoms with Gasteiger partial charge < -0.3 is 0 Å². The largest absolute Gasteiger partial charge is 0.294 e. The average molecular weight is 346 g/mol. The van der Waals surface area contributed by atoms with Crippen molar-refractivity contribution in [3.05, 3.63) is 60.2 Å². The zero-order valence-corrected chi connectivity index (χ0v) is 14.5. The highest BCUT2D eigenvalue weighted by Crippen LogP contribution is 2.24. The first-order valence-electron chi connectivity index (χ1n) is 8.00. The fourth-order valence-electron chi connectivity index (χ4n) is 3.28. The highest BCUT2D eigenvalue weighted by Gasteiger charge is 2.35. The topological polar surface area (TPSA) is 75.2 Å². The van der Waals surface area contributed by atoms with E-state index in [9.17, 15) is 8.42 Å². The summed E-state index contributed by atoms with van der Waals surface area (Å²) in [5, 5.41) is 0. The Hall–Kier alpha value is -1.83. The lowest BCUT2D eigenvalue weighted by molar-refractivity contribution is 0.230. The van der Waals surface area contributed by atoms with Gasteiger partial charge in [0.15, 0.2) is 0 Å². The number of hydrogen-bond donors (Lipinski definition) is 1. The summed E-state index contributed by atoms with van der Waals surface area (Å²) in [6.45, 7) is 1.63. The Bertz CT molecular complexity index is 753. The van der Waals surface area contributed by atoms with E-state index in [0.29, 0.717) is 0 Å². The second kappa shape index (κ2) is 7.38. The van der Waals surface area contributed by atoms with Gasteiger partial charge in [0, 0.05) is 50.0 Å². The Morgan fingerprint density at radius 1 is 1.17 bits per heavy atom. The highest BCUT2D eigenvalue weighted by atomic mass is 32.2. The number of sulfonamides is 1. The Labute approximate surface area is 143 Å². The Balaban J connectivity index is 1.79. The summed E-state index contributed by atoms with van der Waals surface area (Å²) >= 11 is 0. The molecule has 1 N–H and O–H groups in total. The van der Waals surface area contributed by atoms with Gasteiger partial charge in [0.1, 0.15) is 0 Å². The van der Waals surface area contributed by atoms with Crippen molar-refractivity contribution in [2.75, 3.05) is 12.8 Å². The number of hydrogen-bond acceptors (Lipinski definition) is 5. The highest BCUT2D eigenvalue weighted by molar-refractivity contribution is 7.88. The van der Waals surface area contributed by atoms with Gasteiger partial charge in [0.05, 0.1) is 6.26 Å². The third-order valence-electron chi connectivity index (χ3n) is 4.33. The first-order chi connectivity index (χ1) is 11.5. The van der Waals surface area contributed by atoms with Gasteiger partial charge in [-0.3, -0.25) is 14.9 Å². The molecule has 1 saturated heterocycles. The molecule has 0 aromatic carbocycles. The lowest BCUT2D eigenvalue weighted by atomic mass is 10.0. The second-order valence-electron chi connectivity index (χ2n) is 6.24. The van der Waals surface area contributed by atoms with Crippen molar-refractivity contribution in [1.82, 2.24) is 19.6 Å². The zero-order valence-electron chi connectivity index (χ0n) is 13.7. The van der Waals surface area contributed by atoms with Crippen molar-refractivity contribution in [2.24, 2.45) is 0 Å². The minimum Gasteiger partial charge on any atom is -0.294 e. The minimum atomic E-state index is -3.23. The summed E-state index contributed by atoms with van der Waals surface area (Å²) in [4.78, 5) is 10.6. The Morgan fingerprint density at radius 2 is 1.96 bits per heavy atom. The predicted octanol–water partition coefficient (Wildman–Crippen LogP) is 1.21. The van der Waals surface area contributed by atoms with E-state index in [1.165, 1.54) is 6.26 Å².